The average Bonchev–Trinajstić information content (AvgIpc) is 2.38. The van der Waals surface area contributed by atoms with Gasteiger partial charge in [0.15, 0.2) is 0 Å². The lowest BCUT2D eigenvalue weighted by atomic mass is 9.88. The van der Waals surface area contributed by atoms with Crippen molar-refractivity contribution in [3.8, 4) is 17.4 Å². The van der Waals surface area contributed by atoms with Gasteiger partial charge in [0.05, 0.1) is 7.11 Å². The van der Waals surface area contributed by atoms with E-state index in [1.165, 1.54) is 5.56 Å². The molecule has 0 spiro atoms. The molecule has 0 saturated carbocycles. The van der Waals surface area contributed by atoms with Gasteiger partial charge in [0.2, 0.25) is 5.88 Å². The van der Waals surface area contributed by atoms with E-state index < -0.39 is 0 Å². The van der Waals surface area contributed by atoms with Crippen molar-refractivity contribution in [3.63, 3.8) is 0 Å². The first-order valence-corrected chi connectivity index (χ1v) is 6.27. The second-order valence-electron chi connectivity index (χ2n) is 5.42. The Balaban J connectivity index is 2.15. The van der Waals surface area contributed by atoms with Gasteiger partial charge in [-0.25, -0.2) is 4.98 Å². The number of benzene rings is 1. The quantitative estimate of drug-likeness (QED) is 0.826. The molecule has 0 radical (unpaired) electrons. The molecule has 1 heterocycles. The topological polar surface area (TPSA) is 31.4 Å². The molecule has 0 aliphatic rings. The minimum Gasteiger partial charge on any atom is -0.497 e. The Morgan fingerprint density at radius 3 is 2.32 bits per heavy atom. The minimum atomic E-state index is 0.0987. The van der Waals surface area contributed by atoms with Crippen LogP contribution in [-0.2, 0) is 5.41 Å². The summed E-state index contributed by atoms with van der Waals surface area (Å²) in [6.45, 7) is 6.48. The summed E-state index contributed by atoms with van der Waals surface area (Å²) in [6.07, 6.45) is 1.86. The molecular formula is C16H19NO2. The van der Waals surface area contributed by atoms with Gasteiger partial charge >= 0.3 is 0 Å². The van der Waals surface area contributed by atoms with E-state index in [1.54, 1.807) is 7.11 Å². The van der Waals surface area contributed by atoms with Crippen LogP contribution in [0.5, 0.6) is 17.4 Å². The molecule has 0 N–H and O–H groups in total. The molecule has 2 aromatic rings. The van der Waals surface area contributed by atoms with Crippen LogP contribution in [0, 0.1) is 0 Å². The lowest BCUT2D eigenvalue weighted by Gasteiger charge is -2.18. The van der Waals surface area contributed by atoms with Gasteiger partial charge in [-0.3, -0.25) is 0 Å². The van der Waals surface area contributed by atoms with Crippen molar-refractivity contribution >= 4 is 0 Å². The molecule has 3 heteroatoms. The van der Waals surface area contributed by atoms with Crippen LogP contribution in [0.15, 0.2) is 42.6 Å². The first kappa shape index (κ1) is 13.4. The zero-order chi connectivity index (χ0) is 13.9. The van der Waals surface area contributed by atoms with Gasteiger partial charge in [0.1, 0.15) is 11.5 Å². The third kappa shape index (κ3) is 3.47. The predicted octanol–water partition coefficient (Wildman–Crippen LogP) is 4.18. The molecule has 0 aliphatic heterocycles. The lowest BCUT2D eigenvalue weighted by Crippen LogP contribution is -2.11. The fourth-order valence-electron chi connectivity index (χ4n) is 1.67. The van der Waals surface area contributed by atoms with Gasteiger partial charge < -0.3 is 9.47 Å². The highest BCUT2D eigenvalue weighted by atomic mass is 16.5. The van der Waals surface area contributed by atoms with Crippen molar-refractivity contribution < 1.29 is 9.47 Å². The molecule has 1 aromatic heterocycles. The van der Waals surface area contributed by atoms with Gasteiger partial charge in [-0.1, -0.05) is 32.9 Å². The number of aromatic nitrogens is 1. The maximum atomic E-state index is 5.70. The van der Waals surface area contributed by atoms with Crippen LogP contribution in [0.3, 0.4) is 0 Å². The monoisotopic (exact) mass is 257 g/mol. The van der Waals surface area contributed by atoms with Crippen LogP contribution in [0.25, 0.3) is 0 Å². The molecule has 0 unspecified atom stereocenters. The number of rotatable bonds is 3. The molecule has 0 saturated heterocycles. The average molecular weight is 257 g/mol. The Kier molecular flexibility index (Phi) is 3.74. The minimum absolute atomic E-state index is 0.0987. The van der Waals surface area contributed by atoms with Gasteiger partial charge in [-0.2, -0.15) is 0 Å². The van der Waals surface area contributed by atoms with Crippen molar-refractivity contribution in [2.24, 2.45) is 0 Å². The number of methoxy groups -OCH3 is 1. The SMILES string of the molecule is COc1cccc(Oc2ccc(C(C)(C)C)cn2)c1. The molecule has 0 bridgehead atoms. The first-order valence-electron chi connectivity index (χ1n) is 6.27. The van der Waals surface area contributed by atoms with Gasteiger partial charge in [0.25, 0.3) is 0 Å². The number of hydrogen-bond acceptors (Lipinski definition) is 3. The van der Waals surface area contributed by atoms with Crippen LogP contribution in [0.1, 0.15) is 26.3 Å². The fraction of sp³-hybridized carbons (Fsp3) is 0.312. The van der Waals surface area contributed by atoms with Crippen molar-refractivity contribution in [1.82, 2.24) is 4.98 Å². The number of pyridine rings is 1. The highest BCUT2D eigenvalue weighted by molar-refractivity contribution is 5.35. The van der Waals surface area contributed by atoms with E-state index in [9.17, 15) is 0 Å². The molecule has 100 valence electrons. The Bertz CT molecular complexity index is 541. The lowest BCUT2D eigenvalue weighted by molar-refractivity contribution is 0.407. The molecule has 0 atom stereocenters. The normalized spacial score (nSPS) is 11.2. The predicted molar refractivity (Wildman–Crippen MR) is 76.0 cm³/mol. The van der Waals surface area contributed by atoms with Crippen molar-refractivity contribution in [2.75, 3.05) is 7.11 Å². The molecule has 3 nitrogen and oxygen atoms in total. The van der Waals surface area contributed by atoms with E-state index in [-0.39, 0.29) is 5.41 Å². The molecule has 0 amide bonds. The summed E-state index contributed by atoms with van der Waals surface area (Å²) in [5.41, 5.74) is 1.28. The van der Waals surface area contributed by atoms with Crippen molar-refractivity contribution in [1.29, 1.82) is 0 Å². The van der Waals surface area contributed by atoms with Crippen molar-refractivity contribution in [3.05, 3.63) is 48.2 Å². The highest BCUT2D eigenvalue weighted by Gasteiger charge is 2.13. The van der Waals surface area contributed by atoms with E-state index >= 15 is 0 Å². The number of ether oxygens (including phenoxy) is 2. The smallest absolute Gasteiger partial charge is 0.219 e. The van der Waals surface area contributed by atoms with Crippen molar-refractivity contribution in [2.45, 2.75) is 26.2 Å². The van der Waals surface area contributed by atoms with Crippen LogP contribution in [0.2, 0.25) is 0 Å². The summed E-state index contributed by atoms with van der Waals surface area (Å²) in [5, 5.41) is 0. The van der Waals surface area contributed by atoms with Gasteiger partial charge in [-0.15, -0.1) is 0 Å². The van der Waals surface area contributed by atoms with E-state index in [0.29, 0.717) is 5.88 Å². The van der Waals surface area contributed by atoms with Gasteiger partial charge in [-0.05, 0) is 23.1 Å². The summed E-state index contributed by atoms with van der Waals surface area (Å²) in [7, 11) is 1.63. The molecule has 19 heavy (non-hydrogen) atoms. The Labute approximate surface area is 114 Å². The Morgan fingerprint density at radius 2 is 1.74 bits per heavy atom. The zero-order valence-electron chi connectivity index (χ0n) is 11.8. The Hall–Kier alpha value is -2.03. The molecule has 0 fully saturated rings. The number of hydrogen-bond donors (Lipinski definition) is 0. The summed E-state index contributed by atoms with van der Waals surface area (Å²) in [6, 6.07) is 11.4. The third-order valence-electron chi connectivity index (χ3n) is 2.87. The van der Waals surface area contributed by atoms with E-state index in [4.69, 9.17) is 9.47 Å². The maximum Gasteiger partial charge on any atom is 0.219 e. The molecule has 2 rings (SSSR count). The summed E-state index contributed by atoms with van der Waals surface area (Å²) >= 11 is 0. The maximum absolute atomic E-state index is 5.70. The molecule has 1 aromatic carbocycles. The number of nitrogens with zero attached hydrogens (tertiary/aromatic N) is 1. The Morgan fingerprint density at radius 1 is 1.00 bits per heavy atom. The standard InChI is InChI=1S/C16H19NO2/c1-16(2,3)12-8-9-15(17-11-12)19-14-7-5-6-13(10-14)18-4/h5-11H,1-4H3. The van der Waals surface area contributed by atoms with E-state index in [1.807, 2.05) is 42.6 Å². The summed E-state index contributed by atoms with van der Waals surface area (Å²) < 4.78 is 10.9. The van der Waals surface area contributed by atoms with Crippen LogP contribution in [0.4, 0.5) is 0 Å². The van der Waals surface area contributed by atoms with E-state index in [2.05, 4.69) is 25.8 Å². The van der Waals surface area contributed by atoms with Crippen LogP contribution >= 0.6 is 0 Å². The van der Waals surface area contributed by atoms with Crippen LogP contribution in [-0.4, -0.2) is 12.1 Å². The summed E-state index contributed by atoms with van der Waals surface area (Å²) in [4.78, 5) is 4.33. The highest BCUT2D eigenvalue weighted by Crippen LogP contribution is 2.26. The third-order valence-corrected chi connectivity index (χ3v) is 2.87. The summed E-state index contributed by atoms with van der Waals surface area (Å²) in [5.74, 6) is 2.07. The largest absolute Gasteiger partial charge is 0.497 e. The second-order valence-corrected chi connectivity index (χ2v) is 5.42. The van der Waals surface area contributed by atoms with E-state index in [0.717, 1.165) is 11.5 Å². The van der Waals surface area contributed by atoms with Gasteiger partial charge in [0, 0.05) is 18.3 Å². The fourth-order valence-corrected chi connectivity index (χ4v) is 1.67. The first-order chi connectivity index (χ1) is 8.99. The zero-order valence-corrected chi connectivity index (χ0v) is 11.8. The molecular weight excluding hydrogens is 238 g/mol. The second kappa shape index (κ2) is 5.31. The molecule has 0 aliphatic carbocycles. The van der Waals surface area contributed by atoms with Crippen LogP contribution < -0.4 is 9.47 Å².